The second-order valence-electron chi connectivity index (χ2n) is 7.02. The predicted octanol–water partition coefficient (Wildman–Crippen LogP) is 4.72. The fraction of sp³-hybridized carbons (Fsp3) is 0.391. The third-order valence-corrected chi connectivity index (χ3v) is 4.48. The van der Waals surface area contributed by atoms with Crippen molar-refractivity contribution >= 4 is 17.8 Å². The summed E-state index contributed by atoms with van der Waals surface area (Å²) in [5.41, 5.74) is 5.23. The minimum Gasteiger partial charge on any atom is -0.494 e. The first-order valence-corrected chi connectivity index (χ1v) is 9.94. The topological polar surface area (TPSA) is 53.9 Å². The molecule has 0 atom stereocenters. The van der Waals surface area contributed by atoms with Crippen LogP contribution in [0, 0.1) is 5.92 Å². The molecule has 0 aliphatic rings. The summed E-state index contributed by atoms with van der Waals surface area (Å²) in [5, 5.41) is 4.05. The molecule has 28 heavy (non-hydrogen) atoms. The van der Waals surface area contributed by atoms with Crippen LogP contribution in [-0.4, -0.2) is 31.8 Å². The summed E-state index contributed by atoms with van der Waals surface area (Å²) >= 11 is 0. The fourth-order valence-corrected chi connectivity index (χ4v) is 2.70. The number of carbonyl (C=O) groups is 1. The van der Waals surface area contributed by atoms with Gasteiger partial charge in [0.25, 0.3) is 5.91 Å². The number of rotatable bonds is 10. The zero-order valence-electron chi connectivity index (χ0n) is 17.3. The van der Waals surface area contributed by atoms with E-state index in [4.69, 9.17) is 4.74 Å². The minimum absolute atomic E-state index is 0.246. The lowest BCUT2D eigenvalue weighted by Gasteiger charge is -2.20. The summed E-state index contributed by atoms with van der Waals surface area (Å²) in [6, 6.07) is 15.2. The fourth-order valence-electron chi connectivity index (χ4n) is 2.70. The Kier molecular flexibility index (Phi) is 8.53. The van der Waals surface area contributed by atoms with E-state index in [9.17, 15) is 4.79 Å². The molecule has 2 aromatic rings. The van der Waals surface area contributed by atoms with Crippen molar-refractivity contribution in [3.8, 4) is 5.75 Å². The molecular formula is C23H31N3O2. The van der Waals surface area contributed by atoms with Crippen LogP contribution in [-0.2, 0) is 0 Å². The quantitative estimate of drug-likeness (QED) is 0.478. The van der Waals surface area contributed by atoms with E-state index < -0.39 is 0 Å². The largest absolute Gasteiger partial charge is 0.494 e. The Bertz CT molecular complexity index is 748. The van der Waals surface area contributed by atoms with Crippen molar-refractivity contribution in [2.75, 3.05) is 24.6 Å². The molecule has 0 spiro atoms. The van der Waals surface area contributed by atoms with Crippen molar-refractivity contribution in [1.29, 1.82) is 0 Å². The maximum Gasteiger partial charge on any atom is 0.271 e. The summed E-state index contributed by atoms with van der Waals surface area (Å²) < 4.78 is 5.67. The number of hydrazone groups is 1. The van der Waals surface area contributed by atoms with Crippen LogP contribution in [0.15, 0.2) is 53.6 Å². The first-order valence-electron chi connectivity index (χ1n) is 9.94. The van der Waals surface area contributed by atoms with Gasteiger partial charge in [-0.25, -0.2) is 5.43 Å². The van der Waals surface area contributed by atoms with Gasteiger partial charge in [0.1, 0.15) is 5.75 Å². The molecule has 0 heterocycles. The first kappa shape index (κ1) is 21.5. The lowest BCUT2D eigenvalue weighted by Crippen LogP contribution is -2.21. The third-order valence-electron chi connectivity index (χ3n) is 4.48. The van der Waals surface area contributed by atoms with Gasteiger partial charge < -0.3 is 9.64 Å². The Balaban J connectivity index is 1.85. The number of hydrogen-bond acceptors (Lipinski definition) is 4. The summed E-state index contributed by atoms with van der Waals surface area (Å²) in [4.78, 5) is 14.5. The lowest BCUT2D eigenvalue weighted by atomic mass is 10.1. The molecule has 0 unspecified atom stereocenters. The van der Waals surface area contributed by atoms with Gasteiger partial charge in [-0.15, -0.1) is 0 Å². The smallest absolute Gasteiger partial charge is 0.271 e. The molecule has 0 aliphatic carbocycles. The molecule has 0 radical (unpaired) electrons. The van der Waals surface area contributed by atoms with Crippen molar-refractivity contribution in [3.63, 3.8) is 0 Å². The Morgan fingerprint density at radius 3 is 2.29 bits per heavy atom. The van der Waals surface area contributed by atoms with Crippen LogP contribution in [0.3, 0.4) is 0 Å². The number of ether oxygens (including phenoxy) is 1. The zero-order chi connectivity index (χ0) is 20.4. The van der Waals surface area contributed by atoms with E-state index in [0.717, 1.165) is 30.8 Å². The molecule has 150 valence electrons. The Hall–Kier alpha value is -2.82. The van der Waals surface area contributed by atoms with Gasteiger partial charge in [-0.05, 0) is 68.1 Å². The van der Waals surface area contributed by atoms with E-state index in [-0.39, 0.29) is 5.91 Å². The lowest BCUT2D eigenvalue weighted by molar-refractivity contribution is 0.0955. The molecule has 0 aromatic heterocycles. The van der Waals surface area contributed by atoms with E-state index in [1.165, 1.54) is 5.69 Å². The van der Waals surface area contributed by atoms with Gasteiger partial charge in [-0.1, -0.05) is 26.0 Å². The Morgan fingerprint density at radius 2 is 1.71 bits per heavy atom. The van der Waals surface area contributed by atoms with E-state index in [1.54, 1.807) is 18.3 Å². The van der Waals surface area contributed by atoms with Gasteiger partial charge in [-0.2, -0.15) is 5.10 Å². The summed E-state index contributed by atoms with van der Waals surface area (Å²) in [6.45, 7) is 11.2. The average Bonchev–Trinajstić information content (AvgIpc) is 2.70. The Morgan fingerprint density at radius 1 is 1.07 bits per heavy atom. The van der Waals surface area contributed by atoms with Gasteiger partial charge in [0.2, 0.25) is 0 Å². The van der Waals surface area contributed by atoms with Gasteiger partial charge >= 0.3 is 0 Å². The zero-order valence-corrected chi connectivity index (χ0v) is 17.3. The summed E-state index contributed by atoms with van der Waals surface area (Å²) in [6.07, 6.45) is 2.65. The predicted molar refractivity (Wildman–Crippen MR) is 116 cm³/mol. The second kappa shape index (κ2) is 11.1. The molecule has 2 rings (SSSR count). The van der Waals surface area contributed by atoms with Crippen LogP contribution in [0.4, 0.5) is 5.69 Å². The molecule has 0 saturated carbocycles. The van der Waals surface area contributed by atoms with Crippen molar-refractivity contribution in [3.05, 3.63) is 59.7 Å². The highest BCUT2D eigenvalue weighted by molar-refractivity contribution is 5.95. The van der Waals surface area contributed by atoms with Crippen molar-refractivity contribution < 1.29 is 9.53 Å². The molecule has 0 saturated heterocycles. The van der Waals surface area contributed by atoms with Crippen LogP contribution in [0.2, 0.25) is 0 Å². The van der Waals surface area contributed by atoms with Crippen LogP contribution in [0.5, 0.6) is 5.75 Å². The van der Waals surface area contributed by atoms with Crippen LogP contribution >= 0.6 is 0 Å². The number of hydrogen-bond donors (Lipinski definition) is 1. The monoisotopic (exact) mass is 381 g/mol. The van der Waals surface area contributed by atoms with Gasteiger partial charge in [0.05, 0.1) is 12.8 Å². The molecule has 0 bridgehead atoms. The van der Waals surface area contributed by atoms with Crippen LogP contribution in [0.25, 0.3) is 0 Å². The number of anilines is 1. The highest BCUT2D eigenvalue weighted by Crippen LogP contribution is 2.15. The molecule has 5 nitrogen and oxygen atoms in total. The summed E-state index contributed by atoms with van der Waals surface area (Å²) in [5.74, 6) is 1.13. The maximum atomic E-state index is 12.2. The highest BCUT2D eigenvalue weighted by Gasteiger charge is 2.05. The molecule has 5 heteroatoms. The van der Waals surface area contributed by atoms with E-state index >= 15 is 0 Å². The van der Waals surface area contributed by atoms with Crippen molar-refractivity contribution in [2.45, 2.75) is 34.1 Å². The van der Waals surface area contributed by atoms with Crippen molar-refractivity contribution in [2.24, 2.45) is 11.0 Å². The molecule has 0 fully saturated rings. The van der Waals surface area contributed by atoms with Crippen molar-refractivity contribution in [1.82, 2.24) is 5.43 Å². The van der Waals surface area contributed by atoms with Gasteiger partial charge in [0, 0.05) is 24.3 Å². The average molecular weight is 382 g/mol. The van der Waals surface area contributed by atoms with E-state index in [2.05, 4.69) is 55.3 Å². The number of nitrogens with zero attached hydrogens (tertiary/aromatic N) is 2. The second-order valence-corrected chi connectivity index (χ2v) is 7.02. The molecule has 0 aliphatic heterocycles. The number of carbonyl (C=O) groups excluding carboxylic acids is 1. The number of amides is 1. The minimum atomic E-state index is -0.246. The molecular weight excluding hydrogens is 350 g/mol. The third kappa shape index (κ3) is 6.72. The van der Waals surface area contributed by atoms with Gasteiger partial charge in [0.15, 0.2) is 0 Å². The normalized spacial score (nSPS) is 11.0. The highest BCUT2D eigenvalue weighted by atomic mass is 16.5. The maximum absolute atomic E-state index is 12.2. The van der Waals surface area contributed by atoms with E-state index in [1.807, 2.05) is 24.3 Å². The SMILES string of the molecule is CCN(CC)c1ccc(/C=N/NC(=O)c2ccc(OCCC(C)C)cc2)cc1. The summed E-state index contributed by atoms with van der Waals surface area (Å²) in [7, 11) is 0. The standard InChI is InChI=1S/C23H31N3O2/c1-5-26(6-2)21-11-7-19(8-12-21)17-24-25-23(27)20-9-13-22(14-10-20)28-16-15-18(3)4/h7-14,17-18H,5-6,15-16H2,1-4H3,(H,25,27)/b24-17+. The molecule has 1 amide bonds. The van der Waals surface area contributed by atoms with Crippen LogP contribution < -0.4 is 15.1 Å². The Labute approximate surface area is 168 Å². The van der Waals surface area contributed by atoms with Gasteiger partial charge in [-0.3, -0.25) is 4.79 Å². The van der Waals surface area contributed by atoms with Crippen LogP contribution in [0.1, 0.15) is 50.0 Å². The molecule has 1 N–H and O–H groups in total. The molecule has 2 aromatic carbocycles. The number of benzene rings is 2. The van der Waals surface area contributed by atoms with E-state index in [0.29, 0.717) is 18.1 Å². The number of nitrogens with one attached hydrogen (secondary N) is 1. The first-order chi connectivity index (χ1) is 13.5.